The Balaban J connectivity index is 1.59. The number of halogens is 1. The highest BCUT2D eigenvalue weighted by atomic mass is 79.9. The molecule has 1 fully saturated rings. The predicted octanol–water partition coefficient (Wildman–Crippen LogP) is 3.69. The molecule has 2 aliphatic rings. The van der Waals surface area contributed by atoms with Crippen LogP contribution in [-0.4, -0.2) is 50.3 Å². The third-order valence-corrected chi connectivity index (χ3v) is 6.28. The Bertz CT molecular complexity index is 1150. The first-order chi connectivity index (χ1) is 15.1. The maximum absolute atomic E-state index is 13.6. The molecular formula is C23H23BrN4O3. The number of carbonyl (C=O) groups is 1. The zero-order valence-corrected chi connectivity index (χ0v) is 18.8. The number of benzene rings is 2. The monoisotopic (exact) mass is 482 g/mol. The summed E-state index contributed by atoms with van der Waals surface area (Å²) in [5.74, 6) is 0.588. The van der Waals surface area contributed by atoms with Crippen LogP contribution in [0.1, 0.15) is 16.1 Å². The van der Waals surface area contributed by atoms with Crippen molar-refractivity contribution in [3.8, 4) is 5.75 Å². The Hall–Kier alpha value is -2.84. The molecule has 1 aromatic heterocycles. The number of hydrogen-bond donors (Lipinski definition) is 1. The van der Waals surface area contributed by atoms with Gasteiger partial charge in [-0.3, -0.25) is 20.2 Å². The lowest BCUT2D eigenvalue weighted by molar-refractivity contribution is 0.0942. The topological polar surface area (TPSA) is 66.9 Å². The Morgan fingerprint density at radius 2 is 1.87 bits per heavy atom. The molecule has 1 saturated heterocycles. The lowest BCUT2D eigenvalue weighted by Crippen LogP contribution is -2.47. The fraction of sp³-hybridized carbons (Fsp3) is 0.304. The van der Waals surface area contributed by atoms with Crippen molar-refractivity contribution >= 4 is 44.1 Å². The van der Waals surface area contributed by atoms with Gasteiger partial charge in [0.15, 0.2) is 0 Å². The summed E-state index contributed by atoms with van der Waals surface area (Å²) in [5, 5.41) is 2.81. The Labute approximate surface area is 189 Å². The number of nitrogens with zero attached hydrogens (tertiary/aromatic N) is 3. The van der Waals surface area contributed by atoms with E-state index in [-0.39, 0.29) is 5.91 Å². The van der Waals surface area contributed by atoms with Gasteiger partial charge >= 0.3 is 0 Å². The van der Waals surface area contributed by atoms with Crippen LogP contribution in [0, 0.1) is 6.92 Å². The van der Waals surface area contributed by atoms with E-state index in [0.717, 1.165) is 45.6 Å². The molecule has 0 saturated carbocycles. The molecule has 5 rings (SSSR count). The number of hydrogen-bond acceptors (Lipinski definition) is 6. The summed E-state index contributed by atoms with van der Waals surface area (Å²) in [7, 11) is 0. The van der Waals surface area contributed by atoms with E-state index in [9.17, 15) is 4.79 Å². The van der Waals surface area contributed by atoms with Gasteiger partial charge in [0, 0.05) is 22.9 Å². The maximum atomic E-state index is 13.6. The third kappa shape index (κ3) is 3.70. The second-order valence-electron chi connectivity index (χ2n) is 7.56. The summed E-state index contributed by atoms with van der Waals surface area (Å²) >= 11 is 3.62. The van der Waals surface area contributed by atoms with Gasteiger partial charge in [0.1, 0.15) is 12.4 Å². The van der Waals surface area contributed by atoms with Crippen LogP contribution in [0.3, 0.4) is 0 Å². The number of carbonyl (C=O) groups excluding carboxylic acids is 1. The number of aromatic nitrogens is 1. The second kappa shape index (κ2) is 8.36. The van der Waals surface area contributed by atoms with E-state index >= 15 is 0 Å². The minimum absolute atomic E-state index is 0.176. The summed E-state index contributed by atoms with van der Waals surface area (Å²) in [4.78, 5) is 20.6. The molecule has 31 heavy (non-hydrogen) atoms. The van der Waals surface area contributed by atoms with E-state index in [1.807, 2.05) is 54.4 Å². The highest BCUT2D eigenvalue weighted by Gasteiger charge is 2.27. The molecule has 7 nitrogen and oxygen atoms in total. The van der Waals surface area contributed by atoms with E-state index < -0.39 is 0 Å². The zero-order chi connectivity index (χ0) is 21.4. The normalized spacial score (nSPS) is 16.1. The lowest BCUT2D eigenvalue weighted by Gasteiger charge is -2.34. The van der Waals surface area contributed by atoms with Gasteiger partial charge in [-0.25, -0.2) is 0 Å². The molecule has 3 heterocycles. The number of anilines is 2. The highest BCUT2D eigenvalue weighted by molar-refractivity contribution is 9.10. The number of morpholine rings is 1. The molecule has 8 heteroatoms. The van der Waals surface area contributed by atoms with Gasteiger partial charge in [0.05, 0.1) is 47.9 Å². The van der Waals surface area contributed by atoms with E-state index in [2.05, 4.69) is 26.3 Å². The largest absolute Gasteiger partial charge is 0.489 e. The lowest BCUT2D eigenvalue weighted by atomic mass is 10.0. The number of para-hydroxylation sites is 3. The van der Waals surface area contributed by atoms with Crippen LogP contribution in [0.2, 0.25) is 0 Å². The SMILES string of the molecule is Cc1nc2c(Br)cccc2c(N2CCOCC2)c1C(=O)NN1CCOc2ccccc21. The zero-order valence-electron chi connectivity index (χ0n) is 17.2. The smallest absolute Gasteiger partial charge is 0.273 e. The molecule has 0 radical (unpaired) electrons. The minimum atomic E-state index is -0.176. The van der Waals surface area contributed by atoms with Crippen molar-refractivity contribution < 1.29 is 14.3 Å². The number of ether oxygens (including phenoxy) is 2. The molecule has 0 atom stereocenters. The van der Waals surface area contributed by atoms with Crippen molar-refractivity contribution in [1.82, 2.24) is 10.4 Å². The van der Waals surface area contributed by atoms with Crippen molar-refractivity contribution in [2.75, 3.05) is 49.4 Å². The van der Waals surface area contributed by atoms with Crippen molar-refractivity contribution in [3.05, 3.63) is 58.2 Å². The summed E-state index contributed by atoms with van der Waals surface area (Å²) in [6.45, 7) is 5.70. The third-order valence-electron chi connectivity index (χ3n) is 5.64. The summed E-state index contributed by atoms with van der Waals surface area (Å²) in [6.07, 6.45) is 0. The van der Waals surface area contributed by atoms with Crippen LogP contribution in [0.15, 0.2) is 46.9 Å². The number of pyridine rings is 1. The molecule has 1 amide bonds. The molecule has 2 aromatic carbocycles. The average molecular weight is 483 g/mol. The molecular weight excluding hydrogens is 460 g/mol. The quantitative estimate of drug-likeness (QED) is 0.613. The highest BCUT2D eigenvalue weighted by Crippen LogP contribution is 2.36. The Kier molecular flexibility index (Phi) is 5.41. The van der Waals surface area contributed by atoms with E-state index in [4.69, 9.17) is 14.5 Å². The van der Waals surface area contributed by atoms with Crippen molar-refractivity contribution in [2.45, 2.75) is 6.92 Å². The number of hydrazine groups is 1. The Morgan fingerprint density at radius 3 is 2.71 bits per heavy atom. The van der Waals surface area contributed by atoms with E-state index in [1.165, 1.54) is 0 Å². The first-order valence-corrected chi connectivity index (χ1v) is 11.1. The summed E-state index contributed by atoms with van der Waals surface area (Å²) < 4.78 is 12.2. The van der Waals surface area contributed by atoms with Gasteiger partial charge < -0.3 is 14.4 Å². The molecule has 0 aliphatic carbocycles. The van der Waals surface area contributed by atoms with Crippen LogP contribution in [0.5, 0.6) is 5.75 Å². The second-order valence-corrected chi connectivity index (χ2v) is 8.42. The summed E-state index contributed by atoms with van der Waals surface area (Å²) in [5.41, 5.74) is 7.00. The maximum Gasteiger partial charge on any atom is 0.273 e. The number of amides is 1. The first kappa shape index (κ1) is 20.1. The van der Waals surface area contributed by atoms with Crippen molar-refractivity contribution in [3.63, 3.8) is 0 Å². The van der Waals surface area contributed by atoms with Crippen LogP contribution >= 0.6 is 15.9 Å². The Morgan fingerprint density at radius 1 is 1.06 bits per heavy atom. The molecule has 160 valence electrons. The number of nitrogens with one attached hydrogen (secondary N) is 1. The van der Waals surface area contributed by atoms with Gasteiger partial charge in [-0.05, 0) is 41.1 Å². The molecule has 3 aromatic rings. The molecule has 0 spiro atoms. The van der Waals surface area contributed by atoms with Crippen LogP contribution < -0.4 is 20.1 Å². The van der Waals surface area contributed by atoms with Crippen LogP contribution in [0.25, 0.3) is 10.9 Å². The first-order valence-electron chi connectivity index (χ1n) is 10.4. The number of rotatable bonds is 3. The van der Waals surface area contributed by atoms with Gasteiger partial charge in [-0.1, -0.05) is 24.3 Å². The molecule has 0 bridgehead atoms. The summed E-state index contributed by atoms with van der Waals surface area (Å²) in [6, 6.07) is 13.7. The van der Waals surface area contributed by atoms with E-state index in [0.29, 0.717) is 37.6 Å². The van der Waals surface area contributed by atoms with Gasteiger partial charge in [-0.15, -0.1) is 0 Å². The fourth-order valence-corrected chi connectivity index (χ4v) is 4.66. The number of aryl methyl sites for hydroxylation is 1. The van der Waals surface area contributed by atoms with Gasteiger partial charge in [-0.2, -0.15) is 0 Å². The average Bonchev–Trinajstić information content (AvgIpc) is 2.79. The molecule has 2 aliphatic heterocycles. The van der Waals surface area contributed by atoms with E-state index in [1.54, 1.807) is 0 Å². The predicted molar refractivity (Wildman–Crippen MR) is 124 cm³/mol. The number of fused-ring (bicyclic) bond motifs is 2. The van der Waals surface area contributed by atoms with Crippen molar-refractivity contribution in [1.29, 1.82) is 0 Å². The minimum Gasteiger partial charge on any atom is -0.489 e. The van der Waals surface area contributed by atoms with Crippen LogP contribution in [-0.2, 0) is 4.74 Å². The molecule has 1 N–H and O–H groups in total. The van der Waals surface area contributed by atoms with Crippen molar-refractivity contribution in [2.24, 2.45) is 0 Å². The van der Waals surface area contributed by atoms with Gasteiger partial charge in [0.2, 0.25) is 0 Å². The van der Waals surface area contributed by atoms with Crippen LogP contribution in [0.4, 0.5) is 11.4 Å². The fourth-order valence-electron chi connectivity index (χ4n) is 4.20. The molecule has 0 unspecified atom stereocenters. The standard InChI is InChI=1S/C23H23BrN4O3/c1-15-20(23(29)26-28-11-14-31-19-8-3-2-7-18(19)28)22(27-9-12-30-13-10-27)16-5-4-6-17(24)21(16)25-15/h2-8H,9-14H2,1H3,(H,26,29). The van der Waals surface area contributed by atoms with Gasteiger partial charge in [0.25, 0.3) is 5.91 Å².